The van der Waals surface area contributed by atoms with Gasteiger partial charge in [0.1, 0.15) is 5.04 Å². The van der Waals surface area contributed by atoms with Gasteiger partial charge < -0.3 is 15.2 Å². The summed E-state index contributed by atoms with van der Waals surface area (Å²) in [5.74, 6) is 1.10. The zero-order valence-electron chi connectivity index (χ0n) is 17.1. The van der Waals surface area contributed by atoms with E-state index in [0.29, 0.717) is 12.1 Å². The number of halogens is 1. The molecule has 5 rings (SSSR count). The summed E-state index contributed by atoms with van der Waals surface area (Å²) >= 11 is 8.32. The van der Waals surface area contributed by atoms with Crippen molar-refractivity contribution < 1.29 is 0 Å². The molecule has 1 aromatic carbocycles. The number of aromatic nitrogens is 1. The molecule has 0 unspecified atom stereocenters. The highest BCUT2D eigenvalue weighted by molar-refractivity contribution is 8.14. The van der Waals surface area contributed by atoms with Crippen LogP contribution in [0.3, 0.4) is 0 Å². The van der Waals surface area contributed by atoms with Gasteiger partial charge in [-0.05, 0) is 63.4 Å². The molecule has 2 aliphatic heterocycles. The van der Waals surface area contributed by atoms with Crippen LogP contribution >= 0.6 is 23.4 Å². The van der Waals surface area contributed by atoms with Gasteiger partial charge in [0.15, 0.2) is 0 Å². The molecular formula is C23H31ClN4S. The average molecular weight is 431 g/mol. The molecule has 3 aliphatic rings. The number of likely N-dealkylation sites (tertiary alicyclic amines) is 1. The molecule has 0 amide bonds. The Labute approximate surface area is 182 Å². The average Bonchev–Trinajstić information content (AvgIpc) is 3.47. The molecule has 0 radical (unpaired) electrons. The predicted octanol–water partition coefficient (Wildman–Crippen LogP) is 5.91. The molecule has 1 saturated heterocycles. The second kappa shape index (κ2) is 8.91. The van der Waals surface area contributed by atoms with Gasteiger partial charge in [-0.15, -0.1) is 11.8 Å². The SMILES string of the molecule is Clc1cc(NC2CCCC2)c2[nH]c(C3=N[C@H](CCN4CCCCC4)CS3)cc2c1. The van der Waals surface area contributed by atoms with Crippen molar-refractivity contribution in [2.75, 3.05) is 30.7 Å². The maximum absolute atomic E-state index is 6.42. The molecule has 1 aromatic heterocycles. The van der Waals surface area contributed by atoms with Gasteiger partial charge in [-0.1, -0.05) is 30.9 Å². The first-order chi connectivity index (χ1) is 14.2. The fraction of sp³-hybridized carbons (Fsp3) is 0.609. The first-order valence-corrected chi connectivity index (χ1v) is 12.6. The van der Waals surface area contributed by atoms with E-state index in [4.69, 9.17) is 16.6 Å². The molecule has 0 bridgehead atoms. The molecule has 2 N–H and O–H groups in total. The standard InChI is InChI=1S/C23H31ClN4S/c24-17-12-16-13-21(27-22(16)20(14-17)25-18-6-2-3-7-18)23-26-19(15-29-23)8-11-28-9-4-1-5-10-28/h12-14,18-19,25,27H,1-11,15H2/t19-/m1/s1. The van der Waals surface area contributed by atoms with E-state index in [9.17, 15) is 0 Å². The van der Waals surface area contributed by atoms with Gasteiger partial charge >= 0.3 is 0 Å². The van der Waals surface area contributed by atoms with Gasteiger partial charge in [0, 0.05) is 28.7 Å². The third-order valence-electron chi connectivity index (χ3n) is 6.58. The molecule has 1 atom stereocenters. The van der Waals surface area contributed by atoms with Crippen LogP contribution in [0.15, 0.2) is 23.2 Å². The summed E-state index contributed by atoms with van der Waals surface area (Å²) in [6.45, 7) is 3.74. The van der Waals surface area contributed by atoms with Crippen molar-refractivity contribution in [1.29, 1.82) is 0 Å². The molecule has 4 nitrogen and oxygen atoms in total. The van der Waals surface area contributed by atoms with Crippen LogP contribution in [0.1, 0.15) is 57.1 Å². The molecule has 29 heavy (non-hydrogen) atoms. The summed E-state index contributed by atoms with van der Waals surface area (Å²) in [5, 5.41) is 6.86. The van der Waals surface area contributed by atoms with Gasteiger partial charge in [-0.3, -0.25) is 4.99 Å². The van der Waals surface area contributed by atoms with Crippen LogP contribution in [0, 0.1) is 0 Å². The summed E-state index contributed by atoms with van der Waals surface area (Å²) in [4.78, 5) is 11.3. The van der Waals surface area contributed by atoms with Gasteiger partial charge in [-0.2, -0.15) is 0 Å². The highest BCUT2D eigenvalue weighted by Crippen LogP contribution is 2.33. The van der Waals surface area contributed by atoms with E-state index < -0.39 is 0 Å². The molecule has 2 fully saturated rings. The molecule has 3 heterocycles. The Bertz CT molecular complexity index is 880. The number of nitrogens with one attached hydrogen (secondary N) is 2. The fourth-order valence-corrected chi connectivity index (χ4v) is 6.26. The van der Waals surface area contributed by atoms with E-state index in [0.717, 1.165) is 32.7 Å². The fourth-order valence-electron chi connectivity index (χ4n) is 4.95. The normalized spacial score (nSPS) is 23.8. The molecule has 156 valence electrons. The third-order valence-corrected chi connectivity index (χ3v) is 7.95. The molecule has 0 spiro atoms. The Morgan fingerprint density at radius 2 is 1.93 bits per heavy atom. The van der Waals surface area contributed by atoms with Gasteiger partial charge in [-0.25, -0.2) is 0 Å². The van der Waals surface area contributed by atoms with E-state index in [1.54, 1.807) is 0 Å². The number of rotatable bonds is 6. The van der Waals surface area contributed by atoms with Crippen LogP contribution < -0.4 is 5.32 Å². The van der Waals surface area contributed by atoms with E-state index in [1.807, 2.05) is 11.8 Å². The lowest BCUT2D eigenvalue weighted by Crippen LogP contribution is -2.32. The van der Waals surface area contributed by atoms with Crippen LogP contribution in [0.4, 0.5) is 5.69 Å². The molecular weight excluding hydrogens is 400 g/mol. The largest absolute Gasteiger partial charge is 0.381 e. The first-order valence-electron chi connectivity index (χ1n) is 11.3. The summed E-state index contributed by atoms with van der Waals surface area (Å²) in [6, 6.07) is 7.36. The van der Waals surface area contributed by atoms with Crippen LogP contribution in [0.25, 0.3) is 10.9 Å². The van der Waals surface area contributed by atoms with Crippen LogP contribution in [0.2, 0.25) is 5.02 Å². The number of aliphatic imine (C=N–C) groups is 1. The van der Waals surface area contributed by atoms with Crippen molar-refractivity contribution >= 4 is 45.0 Å². The van der Waals surface area contributed by atoms with Crippen molar-refractivity contribution in [2.24, 2.45) is 4.99 Å². The number of benzene rings is 1. The van der Waals surface area contributed by atoms with Crippen molar-refractivity contribution in [1.82, 2.24) is 9.88 Å². The second-order valence-electron chi connectivity index (χ2n) is 8.82. The lowest BCUT2D eigenvalue weighted by atomic mass is 10.1. The minimum atomic E-state index is 0.447. The van der Waals surface area contributed by atoms with E-state index >= 15 is 0 Å². The van der Waals surface area contributed by atoms with Gasteiger partial charge in [0.25, 0.3) is 0 Å². The van der Waals surface area contributed by atoms with E-state index in [2.05, 4.69) is 33.4 Å². The van der Waals surface area contributed by atoms with E-state index in [-0.39, 0.29) is 0 Å². The topological polar surface area (TPSA) is 43.4 Å². The zero-order chi connectivity index (χ0) is 19.6. The summed E-state index contributed by atoms with van der Waals surface area (Å²) in [7, 11) is 0. The Kier molecular flexibility index (Phi) is 6.07. The highest BCUT2D eigenvalue weighted by Gasteiger charge is 2.23. The van der Waals surface area contributed by atoms with Crippen LogP contribution in [-0.2, 0) is 0 Å². The predicted molar refractivity (Wildman–Crippen MR) is 127 cm³/mol. The van der Waals surface area contributed by atoms with Crippen molar-refractivity contribution in [3.8, 4) is 0 Å². The molecule has 1 saturated carbocycles. The summed E-state index contributed by atoms with van der Waals surface area (Å²) < 4.78 is 0. The first kappa shape index (κ1) is 19.8. The highest BCUT2D eigenvalue weighted by atomic mass is 35.5. The monoisotopic (exact) mass is 430 g/mol. The molecule has 2 aromatic rings. The lowest BCUT2D eigenvalue weighted by molar-refractivity contribution is 0.223. The zero-order valence-corrected chi connectivity index (χ0v) is 18.6. The van der Waals surface area contributed by atoms with Crippen LogP contribution in [-0.4, -0.2) is 52.4 Å². The maximum atomic E-state index is 6.42. The maximum Gasteiger partial charge on any atom is 0.114 e. The molecule has 6 heteroatoms. The molecule has 1 aliphatic carbocycles. The smallest absolute Gasteiger partial charge is 0.114 e. The third kappa shape index (κ3) is 4.62. The number of nitrogens with zero attached hydrogens (tertiary/aromatic N) is 2. The number of aromatic amines is 1. The Hall–Kier alpha value is -1.17. The van der Waals surface area contributed by atoms with Crippen molar-refractivity contribution in [2.45, 2.75) is 63.5 Å². The van der Waals surface area contributed by atoms with Crippen molar-refractivity contribution in [3.05, 3.63) is 28.9 Å². The number of fused-ring (bicyclic) bond motifs is 1. The Morgan fingerprint density at radius 1 is 1.10 bits per heavy atom. The number of anilines is 1. The number of hydrogen-bond acceptors (Lipinski definition) is 4. The Morgan fingerprint density at radius 3 is 2.76 bits per heavy atom. The summed E-state index contributed by atoms with van der Waals surface area (Å²) in [5.41, 5.74) is 3.44. The number of piperidine rings is 1. The quantitative estimate of drug-likeness (QED) is 0.598. The lowest BCUT2D eigenvalue weighted by Gasteiger charge is -2.26. The number of hydrogen-bond donors (Lipinski definition) is 2. The van der Waals surface area contributed by atoms with Crippen LogP contribution in [0.5, 0.6) is 0 Å². The number of H-pyrrole nitrogens is 1. The van der Waals surface area contributed by atoms with Gasteiger partial charge in [0.05, 0.1) is 22.9 Å². The van der Waals surface area contributed by atoms with Crippen molar-refractivity contribution in [3.63, 3.8) is 0 Å². The second-order valence-corrected chi connectivity index (χ2v) is 10.3. The Balaban J connectivity index is 1.30. The minimum Gasteiger partial charge on any atom is -0.381 e. The summed E-state index contributed by atoms with van der Waals surface area (Å²) in [6.07, 6.45) is 10.5. The minimum absolute atomic E-state index is 0.447. The van der Waals surface area contributed by atoms with E-state index in [1.165, 1.54) is 76.4 Å². The number of thioether (sulfide) groups is 1. The van der Waals surface area contributed by atoms with Gasteiger partial charge in [0.2, 0.25) is 0 Å².